The summed E-state index contributed by atoms with van der Waals surface area (Å²) in [4.78, 5) is 38.8. The molecule has 8 bridgehead atoms. The highest BCUT2D eigenvalue weighted by atomic mass is 16.5. The van der Waals surface area contributed by atoms with Gasteiger partial charge in [0, 0.05) is 22.1 Å². The summed E-state index contributed by atoms with van der Waals surface area (Å²) in [5.41, 5.74) is 7.83. The van der Waals surface area contributed by atoms with E-state index in [1.165, 1.54) is 12.1 Å². The van der Waals surface area contributed by atoms with Crippen molar-refractivity contribution in [2.45, 2.75) is 0 Å². The molecule has 8 heteroatoms. The van der Waals surface area contributed by atoms with E-state index in [0.29, 0.717) is 5.75 Å². The van der Waals surface area contributed by atoms with Gasteiger partial charge in [0.25, 0.3) is 0 Å². The molecule has 2 aromatic carbocycles. The number of hydrogen-bond donors (Lipinski definition) is 3. The van der Waals surface area contributed by atoms with E-state index in [1.54, 1.807) is 42.5 Å². The number of para-hydroxylation sites is 1. The zero-order chi connectivity index (χ0) is 28.9. The summed E-state index contributed by atoms with van der Waals surface area (Å²) < 4.78 is 5.09. The highest BCUT2D eigenvalue weighted by molar-refractivity contribution is 6.03. The number of fused-ring (bicyclic) bond motifs is 8. The van der Waals surface area contributed by atoms with Crippen LogP contribution in [-0.2, 0) is 0 Å². The van der Waals surface area contributed by atoms with Gasteiger partial charge in [0.1, 0.15) is 5.75 Å². The summed E-state index contributed by atoms with van der Waals surface area (Å²) in [5.74, 6) is -1.46. The first kappa shape index (κ1) is 26.2. The fourth-order valence-corrected chi connectivity index (χ4v) is 4.44. The van der Waals surface area contributed by atoms with Crippen LogP contribution in [0.5, 0.6) is 5.75 Å². The fraction of sp³-hybridized carbons (Fsp3) is 0. The average Bonchev–Trinajstić information content (AvgIpc) is 3.81. The number of hydrogen-bond acceptors (Lipinski definition) is 5. The monoisotopic (exact) mass is 552 g/mol. The lowest BCUT2D eigenvalue weighted by Gasteiger charge is -2.06. The molecule has 0 saturated heterocycles. The number of carboxylic acid groups (broad SMARTS) is 1. The number of benzene rings is 2. The van der Waals surface area contributed by atoms with Gasteiger partial charge in [-0.1, -0.05) is 30.3 Å². The van der Waals surface area contributed by atoms with Gasteiger partial charge in [0.15, 0.2) is 0 Å². The summed E-state index contributed by atoms with van der Waals surface area (Å²) in [6, 6.07) is 30.8. The van der Waals surface area contributed by atoms with E-state index in [0.717, 1.165) is 44.8 Å². The second-order valence-electron chi connectivity index (χ2n) is 9.46. The molecule has 0 unspecified atom stereocenters. The highest BCUT2D eigenvalue weighted by Gasteiger charge is 2.17. The number of rotatable bonds is 3. The van der Waals surface area contributed by atoms with Gasteiger partial charge in [-0.05, 0) is 97.1 Å². The summed E-state index contributed by atoms with van der Waals surface area (Å²) in [5, 5.41) is 8.97. The van der Waals surface area contributed by atoms with Crippen LogP contribution in [-0.4, -0.2) is 37.0 Å². The van der Waals surface area contributed by atoms with E-state index >= 15 is 0 Å². The van der Waals surface area contributed by atoms with Crippen LogP contribution < -0.4 is 4.74 Å². The summed E-state index contributed by atoms with van der Waals surface area (Å²) in [7, 11) is 0. The van der Waals surface area contributed by atoms with Crippen molar-refractivity contribution >= 4 is 58.3 Å². The number of aromatic amines is 2. The van der Waals surface area contributed by atoms with E-state index in [-0.39, 0.29) is 11.1 Å². The number of ether oxygens (including phenoxy) is 1. The average molecular weight is 553 g/mol. The van der Waals surface area contributed by atoms with Gasteiger partial charge >= 0.3 is 11.9 Å². The molecular formula is C34H24N4O4. The topological polar surface area (TPSA) is 121 Å². The number of carbonyl (C=O) groups is 2. The van der Waals surface area contributed by atoms with Crippen LogP contribution in [0.3, 0.4) is 0 Å². The Morgan fingerprint density at radius 1 is 0.548 bits per heavy atom. The SMILES string of the molecule is C1=Cc2cc3ccc(cc4ccc(cc5nc(cc1n2)C=C5)[nH]4)[nH]3.O=C(O)c1ccccc1C(=O)Oc1ccccc1. The Hall–Kier alpha value is -6.02. The lowest BCUT2D eigenvalue weighted by atomic mass is 10.1. The molecule has 3 N–H and O–H groups in total. The van der Waals surface area contributed by atoms with Crippen LogP contribution in [0.2, 0.25) is 0 Å². The second-order valence-corrected chi connectivity index (χ2v) is 9.46. The minimum Gasteiger partial charge on any atom is -0.478 e. The van der Waals surface area contributed by atoms with Crippen molar-refractivity contribution in [2.24, 2.45) is 0 Å². The molecule has 204 valence electrons. The van der Waals surface area contributed by atoms with E-state index in [1.807, 2.05) is 42.5 Å². The maximum absolute atomic E-state index is 11.9. The van der Waals surface area contributed by atoms with Crippen molar-refractivity contribution in [1.29, 1.82) is 0 Å². The van der Waals surface area contributed by atoms with Gasteiger partial charge < -0.3 is 19.8 Å². The van der Waals surface area contributed by atoms with Crippen molar-refractivity contribution in [3.8, 4) is 5.75 Å². The van der Waals surface area contributed by atoms with Crippen LogP contribution in [0.4, 0.5) is 0 Å². The number of nitrogens with zero attached hydrogens (tertiary/aromatic N) is 2. The van der Waals surface area contributed by atoms with E-state index < -0.39 is 11.9 Å². The van der Waals surface area contributed by atoms with Gasteiger partial charge in [-0.3, -0.25) is 0 Å². The summed E-state index contributed by atoms with van der Waals surface area (Å²) >= 11 is 0. The van der Waals surface area contributed by atoms with Gasteiger partial charge in [-0.15, -0.1) is 0 Å². The smallest absolute Gasteiger partial charge is 0.344 e. The normalized spacial score (nSPS) is 11.4. The molecule has 7 rings (SSSR count). The molecule has 0 fully saturated rings. The molecular weight excluding hydrogens is 528 g/mol. The number of carboxylic acids is 1. The predicted molar refractivity (Wildman–Crippen MR) is 164 cm³/mol. The minimum atomic E-state index is -1.16. The maximum Gasteiger partial charge on any atom is 0.344 e. The van der Waals surface area contributed by atoms with Crippen LogP contribution >= 0.6 is 0 Å². The van der Waals surface area contributed by atoms with Gasteiger partial charge in [0.2, 0.25) is 0 Å². The minimum absolute atomic E-state index is 0.0360. The zero-order valence-electron chi connectivity index (χ0n) is 22.2. The highest BCUT2D eigenvalue weighted by Crippen LogP contribution is 2.18. The molecule has 5 aromatic rings. The number of aromatic carboxylic acids is 1. The van der Waals surface area contributed by atoms with Crippen molar-refractivity contribution in [3.63, 3.8) is 0 Å². The van der Waals surface area contributed by atoms with Crippen molar-refractivity contribution in [2.75, 3.05) is 0 Å². The molecule has 8 nitrogen and oxygen atoms in total. The Bertz CT molecular complexity index is 1930. The predicted octanol–water partition coefficient (Wildman–Crippen LogP) is 7.26. The first-order chi connectivity index (χ1) is 20.5. The van der Waals surface area contributed by atoms with Crippen molar-refractivity contribution < 1.29 is 19.4 Å². The Morgan fingerprint density at radius 2 is 1.00 bits per heavy atom. The third kappa shape index (κ3) is 6.24. The van der Waals surface area contributed by atoms with E-state index in [2.05, 4.69) is 50.3 Å². The fourth-order valence-electron chi connectivity index (χ4n) is 4.44. The Morgan fingerprint density at radius 3 is 1.52 bits per heavy atom. The molecule has 3 aromatic heterocycles. The molecule has 0 spiro atoms. The molecule has 5 heterocycles. The molecule has 2 aliphatic heterocycles. The van der Waals surface area contributed by atoms with Gasteiger partial charge in [-0.2, -0.15) is 0 Å². The molecule has 0 radical (unpaired) electrons. The van der Waals surface area contributed by atoms with Crippen molar-refractivity contribution in [3.05, 3.63) is 137 Å². The summed E-state index contributed by atoms with van der Waals surface area (Å²) in [6.07, 6.45) is 8.05. The Kier molecular flexibility index (Phi) is 7.25. The van der Waals surface area contributed by atoms with Gasteiger partial charge in [0.05, 0.1) is 33.9 Å². The third-order valence-electron chi connectivity index (χ3n) is 6.37. The Labute approximate surface area is 240 Å². The number of nitrogens with one attached hydrogen (secondary N) is 2. The second kappa shape index (κ2) is 11.6. The number of esters is 1. The molecule has 0 aliphatic carbocycles. The van der Waals surface area contributed by atoms with Crippen LogP contribution in [0.25, 0.3) is 46.4 Å². The number of aromatic nitrogens is 4. The molecule has 0 atom stereocenters. The van der Waals surface area contributed by atoms with E-state index in [9.17, 15) is 9.59 Å². The lowest BCUT2D eigenvalue weighted by molar-refractivity contribution is 0.0668. The van der Waals surface area contributed by atoms with Crippen LogP contribution in [0.15, 0.2) is 103 Å². The number of carbonyl (C=O) groups excluding carboxylic acids is 1. The maximum atomic E-state index is 11.9. The lowest BCUT2D eigenvalue weighted by Crippen LogP contribution is -2.13. The molecule has 0 amide bonds. The van der Waals surface area contributed by atoms with Crippen molar-refractivity contribution in [1.82, 2.24) is 19.9 Å². The Balaban J connectivity index is 0.000000158. The quantitative estimate of drug-likeness (QED) is 0.157. The standard InChI is InChI=1S/C20H14N4.C14H10O4/c1-2-14-10-16-5-6-18(23-16)12-20-8-7-19(24-20)11-17-4-3-15(22-17)9-13(1)21-14;15-13(16)11-8-4-5-9-12(11)14(17)18-10-6-2-1-3-7-10/h1-12,21-22H;1-9H,(H,15,16). The third-order valence-corrected chi connectivity index (χ3v) is 6.37. The first-order valence-corrected chi connectivity index (χ1v) is 13.1. The van der Waals surface area contributed by atoms with Crippen LogP contribution in [0.1, 0.15) is 43.5 Å². The molecule has 2 aliphatic rings. The zero-order valence-corrected chi connectivity index (χ0v) is 22.2. The summed E-state index contributed by atoms with van der Waals surface area (Å²) in [6.45, 7) is 0. The molecule has 42 heavy (non-hydrogen) atoms. The largest absolute Gasteiger partial charge is 0.478 e. The van der Waals surface area contributed by atoms with Gasteiger partial charge in [-0.25, -0.2) is 19.6 Å². The van der Waals surface area contributed by atoms with Crippen LogP contribution in [0, 0.1) is 0 Å². The number of H-pyrrole nitrogens is 2. The first-order valence-electron chi connectivity index (χ1n) is 13.1. The van der Waals surface area contributed by atoms with E-state index in [4.69, 9.17) is 9.84 Å². The molecule has 0 saturated carbocycles.